The zero-order chi connectivity index (χ0) is 22.5. The van der Waals surface area contributed by atoms with E-state index in [-0.39, 0.29) is 9.79 Å². The zero-order valence-corrected chi connectivity index (χ0v) is 19.1. The smallest absolute Gasteiger partial charge is 0.271 e. The van der Waals surface area contributed by atoms with E-state index in [0.717, 1.165) is 10.9 Å². The van der Waals surface area contributed by atoms with Crippen LogP contribution in [-0.4, -0.2) is 27.9 Å². The van der Waals surface area contributed by atoms with Crippen LogP contribution in [0.1, 0.15) is 0 Å². The number of aromatic amines is 1. The van der Waals surface area contributed by atoms with Gasteiger partial charge in [-0.2, -0.15) is 0 Å². The van der Waals surface area contributed by atoms with Gasteiger partial charge in [0.15, 0.2) is 0 Å². The predicted octanol–water partition coefficient (Wildman–Crippen LogP) is 4.15. The first kappa shape index (κ1) is 20.4. The number of benzene rings is 2. The molecule has 0 amide bonds. The van der Waals surface area contributed by atoms with E-state index in [2.05, 4.69) is 36.2 Å². The lowest BCUT2D eigenvalue weighted by molar-refractivity contribution is 0.594. The number of rotatable bonds is 4. The zero-order valence-electron chi connectivity index (χ0n) is 16.7. The van der Waals surface area contributed by atoms with Gasteiger partial charge in [-0.25, -0.2) is 18.4 Å². The van der Waals surface area contributed by atoms with Crippen LogP contribution in [0.5, 0.6) is 0 Å². The summed E-state index contributed by atoms with van der Waals surface area (Å²) < 4.78 is 29.2. The summed E-state index contributed by atoms with van der Waals surface area (Å²) in [7, 11) is -2.67. The van der Waals surface area contributed by atoms with Gasteiger partial charge in [0.1, 0.15) is 16.9 Å². The molecule has 8 nitrogen and oxygen atoms in total. The molecule has 0 saturated carbocycles. The van der Waals surface area contributed by atoms with Gasteiger partial charge in [0.05, 0.1) is 10.6 Å². The summed E-state index contributed by atoms with van der Waals surface area (Å²) in [6, 6.07) is 13.7. The van der Waals surface area contributed by atoms with Crippen molar-refractivity contribution >= 4 is 59.1 Å². The number of pyridine rings is 1. The molecule has 0 atom stereocenters. The normalized spacial score (nSPS) is 11.8. The van der Waals surface area contributed by atoms with Crippen LogP contribution in [0, 0.1) is 0 Å². The van der Waals surface area contributed by atoms with Crippen molar-refractivity contribution in [3.8, 4) is 0 Å². The fourth-order valence-electron chi connectivity index (χ4n) is 3.61. The summed E-state index contributed by atoms with van der Waals surface area (Å²) in [5.41, 5.74) is 1.74. The summed E-state index contributed by atoms with van der Waals surface area (Å²) in [5, 5.41) is 4.63. The molecule has 0 aliphatic carbocycles. The molecule has 0 bridgehead atoms. The molecule has 160 valence electrons. The van der Waals surface area contributed by atoms with E-state index in [1.54, 1.807) is 12.1 Å². The summed E-state index contributed by atoms with van der Waals surface area (Å²) in [6.07, 6.45) is 4.63. The standard InChI is InChI=1S/C22H16BrN5O3S/c1-28-21-14(11-24-12-26-21)9-20(22(28)29)32(30,31)19-5-2-15(23)10-18(19)27-16-3-4-17-13(8-16)6-7-25-17/h2-12,25,27H,1H3. The summed E-state index contributed by atoms with van der Waals surface area (Å²) in [5.74, 6) is 0. The molecule has 5 aromatic rings. The van der Waals surface area contributed by atoms with Crippen molar-refractivity contribution in [3.63, 3.8) is 0 Å². The van der Waals surface area contributed by atoms with Gasteiger partial charge in [-0.1, -0.05) is 15.9 Å². The highest BCUT2D eigenvalue weighted by atomic mass is 79.9. The first-order valence-corrected chi connectivity index (χ1v) is 11.8. The second-order valence-electron chi connectivity index (χ2n) is 7.22. The first-order chi connectivity index (χ1) is 15.3. The average Bonchev–Trinajstić information content (AvgIpc) is 3.24. The molecular formula is C22H16BrN5O3S. The number of sulfone groups is 1. The fraction of sp³-hybridized carbons (Fsp3) is 0.0455. The topological polar surface area (TPSA) is 110 Å². The van der Waals surface area contributed by atoms with Gasteiger partial charge in [-0.15, -0.1) is 0 Å². The molecule has 0 fully saturated rings. The van der Waals surface area contributed by atoms with Crippen LogP contribution in [0.2, 0.25) is 0 Å². The monoisotopic (exact) mass is 509 g/mol. The maximum atomic E-state index is 13.6. The van der Waals surface area contributed by atoms with Gasteiger partial charge < -0.3 is 10.3 Å². The van der Waals surface area contributed by atoms with Crippen LogP contribution in [0.15, 0.2) is 86.3 Å². The molecule has 2 aromatic carbocycles. The van der Waals surface area contributed by atoms with E-state index >= 15 is 0 Å². The molecule has 0 aliphatic rings. The second kappa shape index (κ2) is 7.57. The fourth-order valence-corrected chi connectivity index (χ4v) is 5.51. The number of aryl methyl sites for hydroxylation is 1. The maximum Gasteiger partial charge on any atom is 0.271 e. The van der Waals surface area contributed by atoms with Crippen LogP contribution in [0.3, 0.4) is 0 Å². The van der Waals surface area contributed by atoms with E-state index in [1.165, 1.54) is 36.3 Å². The van der Waals surface area contributed by atoms with Crippen LogP contribution in [0.25, 0.3) is 21.9 Å². The van der Waals surface area contributed by atoms with Gasteiger partial charge in [-0.3, -0.25) is 9.36 Å². The Morgan fingerprint density at radius 2 is 1.88 bits per heavy atom. The van der Waals surface area contributed by atoms with Crippen molar-refractivity contribution in [1.29, 1.82) is 0 Å². The van der Waals surface area contributed by atoms with Crippen molar-refractivity contribution in [3.05, 3.63) is 82.1 Å². The number of aromatic nitrogens is 4. The Hall–Kier alpha value is -3.50. The van der Waals surface area contributed by atoms with Crippen molar-refractivity contribution in [1.82, 2.24) is 19.5 Å². The third kappa shape index (κ3) is 3.37. The SMILES string of the molecule is Cn1c(=O)c(S(=O)(=O)c2ccc(Br)cc2Nc2ccc3[nH]ccc3c2)cc2cncnc21. The molecule has 0 spiro atoms. The average molecular weight is 510 g/mol. The minimum absolute atomic E-state index is 0.0110. The molecule has 5 rings (SSSR count). The maximum absolute atomic E-state index is 13.6. The first-order valence-electron chi connectivity index (χ1n) is 9.53. The number of H-pyrrole nitrogens is 1. The van der Waals surface area contributed by atoms with Crippen LogP contribution in [-0.2, 0) is 16.9 Å². The summed E-state index contributed by atoms with van der Waals surface area (Å²) >= 11 is 3.40. The Labute approximate surface area is 191 Å². The van der Waals surface area contributed by atoms with E-state index in [9.17, 15) is 13.2 Å². The highest BCUT2D eigenvalue weighted by Crippen LogP contribution is 2.32. The second-order valence-corrected chi connectivity index (χ2v) is 10.0. The van der Waals surface area contributed by atoms with Crippen molar-refractivity contribution in [2.45, 2.75) is 9.79 Å². The van der Waals surface area contributed by atoms with E-state index < -0.39 is 15.4 Å². The lowest BCUT2D eigenvalue weighted by Crippen LogP contribution is -2.25. The quantitative estimate of drug-likeness (QED) is 0.376. The lowest BCUT2D eigenvalue weighted by Gasteiger charge is -2.14. The number of nitrogens with one attached hydrogen (secondary N) is 2. The molecule has 2 N–H and O–H groups in total. The molecule has 32 heavy (non-hydrogen) atoms. The number of hydrogen-bond donors (Lipinski definition) is 2. The molecule has 0 radical (unpaired) electrons. The molecule has 0 aliphatic heterocycles. The van der Waals surface area contributed by atoms with Crippen LogP contribution < -0.4 is 10.9 Å². The Morgan fingerprint density at radius 3 is 2.72 bits per heavy atom. The third-order valence-electron chi connectivity index (χ3n) is 5.19. The minimum atomic E-state index is -4.16. The van der Waals surface area contributed by atoms with Crippen molar-refractivity contribution in [2.24, 2.45) is 7.05 Å². The van der Waals surface area contributed by atoms with Gasteiger partial charge in [-0.05, 0) is 48.5 Å². The van der Waals surface area contributed by atoms with E-state index in [4.69, 9.17) is 0 Å². The van der Waals surface area contributed by atoms with Crippen molar-refractivity contribution < 1.29 is 8.42 Å². The molecule has 10 heteroatoms. The number of hydrogen-bond acceptors (Lipinski definition) is 6. The predicted molar refractivity (Wildman–Crippen MR) is 126 cm³/mol. The van der Waals surface area contributed by atoms with Crippen molar-refractivity contribution in [2.75, 3.05) is 5.32 Å². The Bertz CT molecular complexity index is 1670. The Kier molecular flexibility index (Phi) is 4.83. The summed E-state index contributed by atoms with van der Waals surface area (Å²) in [4.78, 5) is 23.7. The van der Waals surface area contributed by atoms with Gasteiger partial charge in [0, 0.05) is 45.9 Å². The summed E-state index contributed by atoms with van der Waals surface area (Å²) in [6.45, 7) is 0. The molecule has 0 saturated heterocycles. The van der Waals surface area contributed by atoms with Gasteiger partial charge >= 0.3 is 0 Å². The highest BCUT2D eigenvalue weighted by molar-refractivity contribution is 9.10. The lowest BCUT2D eigenvalue weighted by atomic mass is 10.2. The molecule has 3 heterocycles. The Morgan fingerprint density at radius 1 is 1.03 bits per heavy atom. The van der Waals surface area contributed by atoms with Crippen LogP contribution >= 0.6 is 15.9 Å². The van der Waals surface area contributed by atoms with Gasteiger partial charge in [0.25, 0.3) is 5.56 Å². The van der Waals surface area contributed by atoms with Gasteiger partial charge in [0.2, 0.25) is 9.84 Å². The highest BCUT2D eigenvalue weighted by Gasteiger charge is 2.26. The largest absolute Gasteiger partial charge is 0.361 e. The number of anilines is 2. The molecule has 0 unspecified atom stereocenters. The van der Waals surface area contributed by atoms with Crippen LogP contribution in [0.4, 0.5) is 11.4 Å². The number of nitrogens with zero attached hydrogens (tertiary/aromatic N) is 3. The molecule has 3 aromatic heterocycles. The van der Waals surface area contributed by atoms with E-state index in [1.807, 2.05) is 30.5 Å². The number of halogens is 1. The number of fused-ring (bicyclic) bond motifs is 2. The minimum Gasteiger partial charge on any atom is -0.361 e. The van der Waals surface area contributed by atoms with E-state index in [0.29, 0.717) is 26.9 Å². The molecular weight excluding hydrogens is 494 g/mol. The third-order valence-corrected chi connectivity index (χ3v) is 7.49. The Balaban J connectivity index is 1.67.